The van der Waals surface area contributed by atoms with Crippen LogP contribution in [0.4, 0.5) is 0 Å². The summed E-state index contributed by atoms with van der Waals surface area (Å²) in [5.41, 5.74) is 1.43. The van der Waals surface area contributed by atoms with Gasteiger partial charge in [-0.05, 0) is 49.1 Å². The molecule has 2 aromatic rings. The molecule has 3 rings (SSSR count). The van der Waals surface area contributed by atoms with Crippen LogP contribution < -0.4 is 5.32 Å². The normalized spacial score (nSPS) is 16.9. The number of carbonyl (C=O) groups excluding carboxylic acids is 1. The van der Waals surface area contributed by atoms with Crippen molar-refractivity contribution in [1.82, 2.24) is 15.5 Å². The van der Waals surface area contributed by atoms with Crippen LogP contribution in [0.3, 0.4) is 0 Å². The molecule has 0 aliphatic heterocycles. The summed E-state index contributed by atoms with van der Waals surface area (Å²) in [5.74, 6) is 2.21. The van der Waals surface area contributed by atoms with Gasteiger partial charge in [0.25, 0.3) is 11.1 Å². The van der Waals surface area contributed by atoms with E-state index in [1.165, 1.54) is 28.6 Å². The highest BCUT2D eigenvalue weighted by Crippen LogP contribution is 2.37. The van der Waals surface area contributed by atoms with Gasteiger partial charge in [-0.15, -0.1) is 21.5 Å². The van der Waals surface area contributed by atoms with Gasteiger partial charge in [-0.25, -0.2) is 0 Å². The van der Waals surface area contributed by atoms with E-state index in [-0.39, 0.29) is 5.91 Å². The number of aryl methyl sites for hydroxylation is 1. The molecule has 0 unspecified atom stereocenters. The Balaban J connectivity index is 1.53. The Morgan fingerprint density at radius 2 is 2.32 bits per heavy atom. The molecule has 0 aromatic carbocycles. The second-order valence-corrected chi connectivity index (χ2v) is 9.16. The molecule has 0 spiro atoms. The SMILES string of the molecule is CC(C)CCNC(=O)CSc1nnc(-c2cc3c(s2)CC[C@@H](C)C3)o1. The first kappa shape index (κ1) is 18.5. The van der Waals surface area contributed by atoms with Gasteiger partial charge in [0.1, 0.15) is 0 Å². The van der Waals surface area contributed by atoms with Crippen molar-refractivity contribution in [3.05, 3.63) is 16.5 Å². The molecule has 7 heteroatoms. The lowest BCUT2D eigenvalue weighted by Gasteiger charge is -2.16. The van der Waals surface area contributed by atoms with Gasteiger partial charge in [-0.1, -0.05) is 32.5 Å². The van der Waals surface area contributed by atoms with E-state index in [9.17, 15) is 4.79 Å². The number of rotatable bonds is 7. The summed E-state index contributed by atoms with van der Waals surface area (Å²) in [6, 6.07) is 2.19. The maximum atomic E-state index is 11.8. The van der Waals surface area contributed by atoms with Gasteiger partial charge < -0.3 is 9.73 Å². The molecular formula is C18H25N3O2S2. The Morgan fingerprint density at radius 3 is 3.12 bits per heavy atom. The smallest absolute Gasteiger partial charge is 0.277 e. The van der Waals surface area contributed by atoms with E-state index >= 15 is 0 Å². The topological polar surface area (TPSA) is 68.0 Å². The maximum absolute atomic E-state index is 11.8. The largest absolute Gasteiger partial charge is 0.410 e. The first-order valence-corrected chi connectivity index (χ1v) is 10.7. The highest BCUT2D eigenvalue weighted by atomic mass is 32.2. The molecule has 2 heterocycles. The van der Waals surface area contributed by atoms with Crippen molar-refractivity contribution >= 4 is 29.0 Å². The average Bonchev–Trinajstić information content (AvgIpc) is 3.18. The molecule has 1 N–H and O–H groups in total. The minimum Gasteiger partial charge on any atom is -0.410 e. The standard InChI is InChI=1S/C18H25N3O2S2/c1-11(2)6-7-19-16(22)10-24-18-21-20-17(23-18)15-9-13-8-12(3)4-5-14(13)25-15/h9,11-12H,4-8,10H2,1-3H3,(H,19,22)/t12-/m1/s1. The Morgan fingerprint density at radius 1 is 1.48 bits per heavy atom. The van der Waals surface area contributed by atoms with E-state index in [0.29, 0.717) is 29.3 Å². The van der Waals surface area contributed by atoms with Crippen LogP contribution in [-0.4, -0.2) is 28.4 Å². The molecule has 136 valence electrons. The fourth-order valence-electron chi connectivity index (χ4n) is 2.86. The molecule has 0 radical (unpaired) electrons. The summed E-state index contributed by atoms with van der Waals surface area (Å²) in [6.45, 7) is 7.30. The number of nitrogens with one attached hydrogen (secondary N) is 1. The molecule has 0 fully saturated rings. The number of thiophene rings is 1. The first-order valence-electron chi connectivity index (χ1n) is 8.86. The van der Waals surface area contributed by atoms with Crippen LogP contribution in [0.5, 0.6) is 0 Å². The highest BCUT2D eigenvalue weighted by molar-refractivity contribution is 7.99. The van der Waals surface area contributed by atoms with Crippen LogP contribution in [-0.2, 0) is 17.6 Å². The van der Waals surface area contributed by atoms with E-state index in [2.05, 4.69) is 42.4 Å². The first-order chi connectivity index (χ1) is 12.0. The summed E-state index contributed by atoms with van der Waals surface area (Å²) in [4.78, 5) is 14.3. The monoisotopic (exact) mass is 379 g/mol. The third-order valence-corrected chi connectivity index (χ3v) is 6.36. The Kier molecular flexibility index (Phi) is 6.17. The number of carbonyl (C=O) groups is 1. The predicted octanol–water partition coefficient (Wildman–Crippen LogP) is 4.18. The molecule has 1 aliphatic rings. The Labute approximate surface area is 157 Å². The minimum atomic E-state index is 0.00553. The Bertz CT molecular complexity index is 724. The van der Waals surface area contributed by atoms with Crippen molar-refractivity contribution in [1.29, 1.82) is 0 Å². The molecule has 0 saturated carbocycles. The van der Waals surface area contributed by atoms with Gasteiger partial charge in [0.15, 0.2) is 0 Å². The summed E-state index contributed by atoms with van der Waals surface area (Å²) in [5, 5.41) is 11.6. The highest BCUT2D eigenvalue weighted by Gasteiger charge is 2.21. The summed E-state index contributed by atoms with van der Waals surface area (Å²) >= 11 is 3.05. The number of aromatic nitrogens is 2. The zero-order valence-electron chi connectivity index (χ0n) is 15.0. The van der Waals surface area contributed by atoms with Crippen molar-refractivity contribution < 1.29 is 9.21 Å². The molecular weight excluding hydrogens is 354 g/mol. The van der Waals surface area contributed by atoms with Crippen LogP contribution >= 0.6 is 23.1 Å². The number of amides is 1. The fourth-order valence-corrected chi connectivity index (χ4v) is 4.58. The zero-order chi connectivity index (χ0) is 17.8. The lowest BCUT2D eigenvalue weighted by molar-refractivity contribution is -0.118. The van der Waals surface area contributed by atoms with E-state index in [0.717, 1.165) is 30.1 Å². The number of hydrogen-bond donors (Lipinski definition) is 1. The van der Waals surface area contributed by atoms with Crippen LogP contribution in [0.2, 0.25) is 0 Å². The van der Waals surface area contributed by atoms with Gasteiger partial charge in [0.05, 0.1) is 10.6 Å². The van der Waals surface area contributed by atoms with Gasteiger partial charge in [0, 0.05) is 11.4 Å². The van der Waals surface area contributed by atoms with Crippen LogP contribution in [0.15, 0.2) is 15.7 Å². The maximum Gasteiger partial charge on any atom is 0.277 e. The number of hydrogen-bond acceptors (Lipinski definition) is 6. The third-order valence-electron chi connectivity index (χ3n) is 4.32. The zero-order valence-corrected chi connectivity index (χ0v) is 16.6. The second kappa shape index (κ2) is 8.36. The minimum absolute atomic E-state index is 0.00553. The average molecular weight is 380 g/mol. The number of fused-ring (bicyclic) bond motifs is 1. The van der Waals surface area contributed by atoms with Crippen molar-refractivity contribution in [2.75, 3.05) is 12.3 Å². The van der Waals surface area contributed by atoms with Gasteiger partial charge in [-0.3, -0.25) is 4.79 Å². The van der Waals surface area contributed by atoms with Crippen molar-refractivity contribution in [3.8, 4) is 10.8 Å². The Hall–Kier alpha value is -1.34. The molecule has 0 bridgehead atoms. The molecule has 25 heavy (non-hydrogen) atoms. The van der Waals surface area contributed by atoms with E-state index in [1.54, 1.807) is 11.3 Å². The number of thioether (sulfide) groups is 1. The van der Waals surface area contributed by atoms with E-state index < -0.39 is 0 Å². The predicted molar refractivity (Wildman–Crippen MR) is 102 cm³/mol. The molecule has 0 saturated heterocycles. The molecule has 1 aliphatic carbocycles. The van der Waals surface area contributed by atoms with Crippen molar-refractivity contribution in [2.45, 2.75) is 51.7 Å². The number of nitrogens with zero attached hydrogens (tertiary/aromatic N) is 2. The second-order valence-electron chi connectivity index (χ2n) is 7.10. The van der Waals surface area contributed by atoms with Gasteiger partial charge >= 0.3 is 0 Å². The summed E-state index contributed by atoms with van der Waals surface area (Å²) in [7, 11) is 0. The molecule has 1 atom stereocenters. The fraction of sp³-hybridized carbons (Fsp3) is 0.611. The lowest BCUT2D eigenvalue weighted by Crippen LogP contribution is -2.26. The molecule has 2 aromatic heterocycles. The van der Waals surface area contributed by atoms with Crippen LogP contribution in [0.1, 0.15) is 44.1 Å². The van der Waals surface area contributed by atoms with Gasteiger partial charge in [-0.2, -0.15) is 0 Å². The molecule has 1 amide bonds. The van der Waals surface area contributed by atoms with Crippen molar-refractivity contribution in [2.24, 2.45) is 11.8 Å². The van der Waals surface area contributed by atoms with E-state index in [1.807, 2.05) is 0 Å². The van der Waals surface area contributed by atoms with Crippen molar-refractivity contribution in [3.63, 3.8) is 0 Å². The quantitative estimate of drug-likeness (QED) is 0.731. The molecule has 5 nitrogen and oxygen atoms in total. The lowest BCUT2D eigenvalue weighted by atomic mass is 9.90. The third kappa shape index (κ3) is 5.07. The van der Waals surface area contributed by atoms with Gasteiger partial charge in [0.2, 0.25) is 5.91 Å². The summed E-state index contributed by atoms with van der Waals surface area (Å²) < 4.78 is 5.74. The van der Waals surface area contributed by atoms with Crippen LogP contribution in [0, 0.1) is 11.8 Å². The summed E-state index contributed by atoms with van der Waals surface area (Å²) in [6.07, 6.45) is 4.53. The van der Waals surface area contributed by atoms with Crippen LogP contribution in [0.25, 0.3) is 10.8 Å². The van der Waals surface area contributed by atoms with E-state index in [4.69, 9.17) is 4.42 Å².